The second kappa shape index (κ2) is 5.41. The van der Waals surface area contributed by atoms with Crippen LogP contribution in [0.5, 0.6) is 0 Å². The molecule has 0 spiro atoms. The number of rotatable bonds is 4. The minimum atomic E-state index is -0.430. The van der Waals surface area contributed by atoms with Crippen molar-refractivity contribution in [2.24, 2.45) is 16.2 Å². The molecule has 0 radical (unpaired) electrons. The van der Waals surface area contributed by atoms with Gasteiger partial charge in [0, 0.05) is 0 Å². The summed E-state index contributed by atoms with van der Waals surface area (Å²) in [5, 5.41) is 0. The van der Waals surface area contributed by atoms with Gasteiger partial charge in [0.05, 0.1) is 12.0 Å². The van der Waals surface area contributed by atoms with E-state index in [1.54, 1.807) is 0 Å². The number of hydrogen-bond acceptors (Lipinski definition) is 2. The van der Waals surface area contributed by atoms with E-state index in [1.807, 2.05) is 13.8 Å². The molecule has 0 aromatic heterocycles. The first-order chi connectivity index (χ1) is 7.44. The first-order valence-corrected chi connectivity index (χ1v) is 6.61. The van der Waals surface area contributed by atoms with Gasteiger partial charge < -0.3 is 4.74 Å². The van der Waals surface area contributed by atoms with Crippen molar-refractivity contribution in [3.63, 3.8) is 0 Å². The van der Waals surface area contributed by atoms with Gasteiger partial charge in [-0.2, -0.15) is 0 Å². The lowest BCUT2D eigenvalue weighted by Gasteiger charge is -2.43. The first-order valence-electron chi connectivity index (χ1n) is 6.61. The van der Waals surface area contributed by atoms with Gasteiger partial charge >= 0.3 is 5.97 Å². The van der Waals surface area contributed by atoms with E-state index in [4.69, 9.17) is 4.74 Å². The fraction of sp³-hybridized carbons (Fsp3) is 0.933. The summed E-state index contributed by atoms with van der Waals surface area (Å²) in [5.74, 6) is -0.0539. The summed E-state index contributed by atoms with van der Waals surface area (Å²) in [4.78, 5) is 12.3. The molecule has 1 atom stereocenters. The second-order valence-electron chi connectivity index (χ2n) is 7.46. The lowest BCUT2D eigenvalue weighted by Crippen LogP contribution is -2.44. The van der Waals surface area contributed by atoms with Crippen molar-refractivity contribution in [3.05, 3.63) is 0 Å². The average molecular weight is 242 g/mol. The van der Waals surface area contributed by atoms with Crippen LogP contribution in [0.3, 0.4) is 0 Å². The lowest BCUT2D eigenvalue weighted by atomic mass is 9.61. The highest BCUT2D eigenvalue weighted by atomic mass is 16.5. The summed E-state index contributed by atoms with van der Waals surface area (Å²) in [6, 6.07) is 0. The standard InChI is InChI=1S/C15H30O2/c1-9-10-17-12(16)15(8,14(5,6)7)11-13(2,3)4/h9-11H2,1-8H3. The van der Waals surface area contributed by atoms with E-state index in [2.05, 4.69) is 41.5 Å². The Morgan fingerprint density at radius 1 is 1.00 bits per heavy atom. The molecule has 17 heavy (non-hydrogen) atoms. The molecule has 0 aromatic carbocycles. The van der Waals surface area contributed by atoms with Crippen LogP contribution in [0.25, 0.3) is 0 Å². The van der Waals surface area contributed by atoms with E-state index in [-0.39, 0.29) is 16.8 Å². The van der Waals surface area contributed by atoms with Crippen molar-refractivity contribution in [3.8, 4) is 0 Å². The molecule has 2 nitrogen and oxygen atoms in total. The summed E-state index contributed by atoms with van der Waals surface area (Å²) in [6.45, 7) is 17.4. The zero-order valence-corrected chi connectivity index (χ0v) is 12.9. The number of hydrogen-bond donors (Lipinski definition) is 0. The molecule has 0 aliphatic heterocycles. The lowest BCUT2D eigenvalue weighted by molar-refractivity contribution is -0.164. The zero-order valence-electron chi connectivity index (χ0n) is 12.9. The second-order valence-corrected chi connectivity index (χ2v) is 7.46. The fourth-order valence-corrected chi connectivity index (χ4v) is 2.06. The predicted molar refractivity (Wildman–Crippen MR) is 72.9 cm³/mol. The van der Waals surface area contributed by atoms with E-state index in [0.717, 1.165) is 12.8 Å². The highest BCUT2D eigenvalue weighted by Gasteiger charge is 2.47. The van der Waals surface area contributed by atoms with E-state index in [1.165, 1.54) is 0 Å². The molecule has 0 aliphatic rings. The van der Waals surface area contributed by atoms with Crippen LogP contribution in [-0.4, -0.2) is 12.6 Å². The zero-order chi connectivity index (χ0) is 13.9. The molecule has 0 aromatic rings. The van der Waals surface area contributed by atoms with E-state index < -0.39 is 5.41 Å². The van der Waals surface area contributed by atoms with Gasteiger partial charge in [0.25, 0.3) is 0 Å². The normalized spacial score (nSPS) is 16.5. The third-order valence-corrected chi connectivity index (χ3v) is 3.43. The molecule has 0 saturated carbocycles. The Bertz CT molecular complexity index is 255. The highest BCUT2D eigenvalue weighted by molar-refractivity contribution is 5.77. The van der Waals surface area contributed by atoms with Crippen molar-refractivity contribution >= 4 is 5.97 Å². The largest absolute Gasteiger partial charge is 0.465 e. The number of ether oxygens (including phenoxy) is 1. The van der Waals surface area contributed by atoms with Gasteiger partial charge in [-0.15, -0.1) is 0 Å². The maximum atomic E-state index is 12.3. The van der Waals surface area contributed by atoms with Crippen molar-refractivity contribution < 1.29 is 9.53 Å². The van der Waals surface area contributed by atoms with Crippen molar-refractivity contribution in [1.29, 1.82) is 0 Å². The van der Waals surface area contributed by atoms with Crippen LogP contribution in [0.1, 0.15) is 68.2 Å². The predicted octanol–water partition coefficient (Wildman–Crippen LogP) is 4.43. The molecule has 2 heteroatoms. The average Bonchev–Trinajstić information content (AvgIpc) is 2.09. The molecular weight excluding hydrogens is 212 g/mol. The summed E-state index contributed by atoms with van der Waals surface area (Å²) < 4.78 is 5.39. The van der Waals surface area contributed by atoms with Crippen molar-refractivity contribution in [2.75, 3.05) is 6.61 Å². The number of carbonyl (C=O) groups is 1. The van der Waals surface area contributed by atoms with Crippen molar-refractivity contribution in [1.82, 2.24) is 0 Å². The molecule has 0 bridgehead atoms. The van der Waals surface area contributed by atoms with E-state index in [0.29, 0.717) is 6.61 Å². The molecule has 0 rings (SSSR count). The molecule has 1 unspecified atom stereocenters. The molecule has 0 saturated heterocycles. The Labute approximate surface area is 107 Å². The highest BCUT2D eigenvalue weighted by Crippen LogP contribution is 2.47. The minimum absolute atomic E-state index is 0.0539. The quantitative estimate of drug-likeness (QED) is 0.682. The first kappa shape index (κ1) is 16.5. The van der Waals surface area contributed by atoms with Crippen LogP contribution in [0, 0.1) is 16.2 Å². The third-order valence-electron chi connectivity index (χ3n) is 3.43. The van der Waals surface area contributed by atoms with E-state index in [9.17, 15) is 4.79 Å². The van der Waals surface area contributed by atoms with Gasteiger partial charge in [-0.1, -0.05) is 48.5 Å². The third kappa shape index (κ3) is 4.69. The van der Waals surface area contributed by atoms with Crippen LogP contribution >= 0.6 is 0 Å². The summed E-state index contributed by atoms with van der Waals surface area (Å²) in [6.07, 6.45) is 1.72. The maximum Gasteiger partial charge on any atom is 0.312 e. The summed E-state index contributed by atoms with van der Waals surface area (Å²) in [5.41, 5.74) is -0.404. The number of carbonyl (C=O) groups excluding carboxylic acids is 1. The van der Waals surface area contributed by atoms with Gasteiger partial charge in [0.2, 0.25) is 0 Å². The molecule has 0 fully saturated rings. The topological polar surface area (TPSA) is 26.3 Å². The minimum Gasteiger partial charge on any atom is -0.465 e. The monoisotopic (exact) mass is 242 g/mol. The van der Waals surface area contributed by atoms with Crippen LogP contribution < -0.4 is 0 Å². The molecule has 0 N–H and O–H groups in total. The van der Waals surface area contributed by atoms with Crippen LogP contribution in [0.4, 0.5) is 0 Å². The number of esters is 1. The summed E-state index contributed by atoms with van der Waals surface area (Å²) in [7, 11) is 0. The Morgan fingerprint density at radius 3 is 1.76 bits per heavy atom. The Morgan fingerprint density at radius 2 is 1.47 bits per heavy atom. The van der Waals surface area contributed by atoms with Gasteiger partial charge in [-0.3, -0.25) is 4.79 Å². The van der Waals surface area contributed by atoms with Crippen LogP contribution in [-0.2, 0) is 9.53 Å². The molecule has 102 valence electrons. The SMILES string of the molecule is CCCOC(=O)C(C)(CC(C)(C)C)C(C)(C)C. The Hall–Kier alpha value is -0.530. The molecule has 0 amide bonds. The van der Waals surface area contributed by atoms with E-state index >= 15 is 0 Å². The van der Waals surface area contributed by atoms with Crippen LogP contribution in [0.15, 0.2) is 0 Å². The van der Waals surface area contributed by atoms with Crippen LogP contribution in [0.2, 0.25) is 0 Å². The van der Waals surface area contributed by atoms with Gasteiger partial charge in [0.15, 0.2) is 0 Å². The molecule has 0 aliphatic carbocycles. The van der Waals surface area contributed by atoms with Gasteiger partial charge in [-0.25, -0.2) is 0 Å². The maximum absolute atomic E-state index is 12.3. The van der Waals surface area contributed by atoms with Crippen molar-refractivity contribution in [2.45, 2.75) is 68.2 Å². The smallest absolute Gasteiger partial charge is 0.312 e. The molecular formula is C15H30O2. The summed E-state index contributed by atoms with van der Waals surface area (Å²) >= 11 is 0. The Kier molecular flexibility index (Phi) is 5.24. The Balaban J connectivity index is 5.05. The van der Waals surface area contributed by atoms with Gasteiger partial charge in [-0.05, 0) is 30.6 Å². The fourth-order valence-electron chi connectivity index (χ4n) is 2.06. The van der Waals surface area contributed by atoms with Gasteiger partial charge in [0.1, 0.15) is 0 Å². The molecule has 0 heterocycles.